The van der Waals surface area contributed by atoms with Crippen molar-refractivity contribution in [3.05, 3.63) is 35.4 Å². The van der Waals surface area contributed by atoms with Crippen molar-refractivity contribution in [2.45, 2.75) is 44.8 Å². The number of morpholine rings is 1. The summed E-state index contributed by atoms with van der Waals surface area (Å²) < 4.78 is 11.5. The first-order chi connectivity index (χ1) is 11.6. The van der Waals surface area contributed by atoms with Gasteiger partial charge < -0.3 is 19.7 Å². The summed E-state index contributed by atoms with van der Waals surface area (Å²) in [5.41, 5.74) is 2.50. The Balaban J connectivity index is 1.48. The van der Waals surface area contributed by atoms with Crippen LogP contribution < -0.4 is 5.32 Å². The maximum atomic E-state index is 12.5. The lowest BCUT2D eigenvalue weighted by Crippen LogP contribution is -2.53. The molecule has 3 atom stereocenters. The van der Waals surface area contributed by atoms with Crippen molar-refractivity contribution in [3.63, 3.8) is 0 Å². The summed E-state index contributed by atoms with van der Waals surface area (Å²) in [6.07, 6.45) is 2.28. The summed E-state index contributed by atoms with van der Waals surface area (Å²) in [4.78, 5) is 14.3. The van der Waals surface area contributed by atoms with Gasteiger partial charge in [-0.2, -0.15) is 0 Å². The lowest BCUT2D eigenvalue weighted by Gasteiger charge is -2.35. The predicted molar refractivity (Wildman–Crippen MR) is 93.3 cm³/mol. The van der Waals surface area contributed by atoms with E-state index in [1.807, 2.05) is 4.90 Å². The van der Waals surface area contributed by atoms with Gasteiger partial charge in [0, 0.05) is 19.7 Å². The van der Waals surface area contributed by atoms with Crippen molar-refractivity contribution in [1.82, 2.24) is 10.2 Å². The van der Waals surface area contributed by atoms with Gasteiger partial charge in [0.2, 0.25) is 0 Å². The Morgan fingerprint density at radius 1 is 1.25 bits per heavy atom. The average molecular weight is 332 g/mol. The molecule has 1 aromatic rings. The number of carbonyl (C=O) groups is 1. The lowest BCUT2D eigenvalue weighted by molar-refractivity contribution is -0.0848. The number of ether oxygens (including phenoxy) is 2. The minimum atomic E-state index is 0.000239. The number of nitrogens with zero attached hydrogens (tertiary/aromatic N) is 1. The monoisotopic (exact) mass is 332 g/mol. The molecular formula is C19H28N2O3. The number of aryl methyl sites for hydroxylation is 1. The number of hydrogen-bond acceptors (Lipinski definition) is 3. The van der Waals surface area contributed by atoms with E-state index in [-0.39, 0.29) is 18.2 Å². The second-order valence-electron chi connectivity index (χ2n) is 6.90. The van der Waals surface area contributed by atoms with Gasteiger partial charge in [0.15, 0.2) is 0 Å². The normalized spacial score (nSPS) is 25.5. The zero-order valence-electron chi connectivity index (χ0n) is 14.7. The molecule has 0 spiro atoms. The van der Waals surface area contributed by atoms with Crippen LogP contribution in [0.2, 0.25) is 0 Å². The Morgan fingerprint density at radius 2 is 2.00 bits per heavy atom. The van der Waals surface area contributed by atoms with Gasteiger partial charge in [-0.3, -0.25) is 0 Å². The Labute approximate surface area is 144 Å². The van der Waals surface area contributed by atoms with E-state index >= 15 is 0 Å². The predicted octanol–water partition coefficient (Wildman–Crippen LogP) is 2.69. The number of benzene rings is 1. The third-order valence-electron chi connectivity index (χ3n) is 4.97. The van der Waals surface area contributed by atoms with Crippen molar-refractivity contribution in [2.24, 2.45) is 0 Å². The smallest absolute Gasteiger partial charge is 0.317 e. The molecule has 0 radical (unpaired) electrons. The van der Waals surface area contributed by atoms with E-state index in [1.54, 1.807) is 0 Å². The van der Waals surface area contributed by atoms with E-state index in [4.69, 9.17) is 9.47 Å². The van der Waals surface area contributed by atoms with Crippen molar-refractivity contribution in [3.8, 4) is 0 Å². The van der Waals surface area contributed by atoms with Crippen LogP contribution >= 0.6 is 0 Å². The summed E-state index contributed by atoms with van der Waals surface area (Å²) in [5.74, 6) is 0.296. The zero-order valence-corrected chi connectivity index (χ0v) is 14.7. The number of hydrogen-bond donors (Lipinski definition) is 1. The fourth-order valence-electron chi connectivity index (χ4n) is 3.35. The third kappa shape index (κ3) is 4.28. The largest absolute Gasteiger partial charge is 0.375 e. The molecule has 3 unspecified atom stereocenters. The van der Waals surface area contributed by atoms with E-state index in [2.05, 4.69) is 43.4 Å². The van der Waals surface area contributed by atoms with Gasteiger partial charge in [-0.05, 0) is 31.2 Å². The van der Waals surface area contributed by atoms with E-state index in [0.29, 0.717) is 32.2 Å². The Bertz CT molecular complexity index is 540. The third-order valence-corrected chi connectivity index (χ3v) is 4.97. The molecule has 5 heteroatoms. The van der Waals surface area contributed by atoms with Gasteiger partial charge in [-0.1, -0.05) is 36.8 Å². The molecule has 2 aliphatic rings. The summed E-state index contributed by atoms with van der Waals surface area (Å²) in [6, 6.07) is 8.49. The topological polar surface area (TPSA) is 50.8 Å². The molecule has 2 saturated heterocycles. The van der Waals surface area contributed by atoms with Crippen molar-refractivity contribution in [1.29, 1.82) is 0 Å². The maximum absolute atomic E-state index is 12.5. The molecule has 5 nitrogen and oxygen atoms in total. The van der Waals surface area contributed by atoms with Crippen LogP contribution in [0.3, 0.4) is 0 Å². The average Bonchev–Trinajstić information content (AvgIpc) is 3.15. The first-order valence-corrected chi connectivity index (χ1v) is 8.96. The molecule has 0 saturated carbocycles. The molecule has 1 aromatic carbocycles. The lowest BCUT2D eigenvalue weighted by atomic mass is 10.0. The minimum absolute atomic E-state index is 0.000239. The van der Waals surface area contributed by atoms with Crippen LogP contribution in [-0.4, -0.2) is 56.0 Å². The Hall–Kier alpha value is -1.59. The standard InChI is InChI=1S/C19H28N2O3/c1-14-5-7-16(8-6-14)15(2)12-20-19(22)21-9-11-24-18(13-21)17-4-3-10-23-17/h5-8,15,17-18H,3-4,9-13H2,1-2H3,(H,20,22). The van der Waals surface area contributed by atoms with Gasteiger partial charge >= 0.3 is 6.03 Å². The van der Waals surface area contributed by atoms with Crippen LogP contribution in [0.25, 0.3) is 0 Å². The molecule has 0 aliphatic carbocycles. The quantitative estimate of drug-likeness (QED) is 0.922. The van der Waals surface area contributed by atoms with Gasteiger partial charge in [0.1, 0.15) is 6.10 Å². The van der Waals surface area contributed by atoms with Crippen LogP contribution in [0.15, 0.2) is 24.3 Å². The maximum Gasteiger partial charge on any atom is 0.317 e. The highest BCUT2D eigenvalue weighted by Gasteiger charge is 2.32. The van der Waals surface area contributed by atoms with E-state index in [0.717, 1.165) is 19.4 Å². The summed E-state index contributed by atoms with van der Waals surface area (Å²) in [5, 5.41) is 3.07. The number of rotatable bonds is 4. The molecule has 2 amide bonds. The van der Waals surface area contributed by atoms with Crippen molar-refractivity contribution in [2.75, 3.05) is 32.8 Å². The Morgan fingerprint density at radius 3 is 2.71 bits per heavy atom. The van der Waals surface area contributed by atoms with Crippen LogP contribution in [0.5, 0.6) is 0 Å². The van der Waals surface area contributed by atoms with Gasteiger partial charge in [-0.25, -0.2) is 4.79 Å². The SMILES string of the molecule is Cc1ccc(C(C)CNC(=O)N2CCOC(C3CCCO3)C2)cc1. The molecule has 24 heavy (non-hydrogen) atoms. The first-order valence-electron chi connectivity index (χ1n) is 8.96. The molecule has 3 rings (SSSR count). The van der Waals surface area contributed by atoms with Gasteiger partial charge in [-0.15, -0.1) is 0 Å². The molecule has 0 bridgehead atoms. The van der Waals surface area contributed by atoms with Crippen LogP contribution in [0.1, 0.15) is 36.8 Å². The summed E-state index contributed by atoms with van der Waals surface area (Å²) in [7, 11) is 0. The number of amides is 2. The first kappa shape index (κ1) is 17.2. The number of nitrogens with one attached hydrogen (secondary N) is 1. The van der Waals surface area contributed by atoms with Crippen LogP contribution in [-0.2, 0) is 9.47 Å². The van der Waals surface area contributed by atoms with E-state index in [9.17, 15) is 4.79 Å². The summed E-state index contributed by atoms with van der Waals surface area (Å²) in [6.45, 7) is 7.53. The molecule has 132 valence electrons. The Kier molecular flexibility index (Phi) is 5.74. The van der Waals surface area contributed by atoms with Gasteiger partial charge in [0.05, 0.1) is 19.3 Å². The highest BCUT2D eigenvalue weighted by atomic mass is 16.5. The van der Waals surface area contributed by atoms with Crippen LogP contribution in [0.4, 0.5) is 4.79 Å². The highest BCUT2D eigenvalue weighted by Crippen LogP contribution is 2.21. The van der Waals surface area contributed by atoms with Crippen molar-refractivity contribution < 1.29 is 14.3 Å². The minimum Gasteiger partial charge on any atom is -0.375 e. The molecule has 0 aromatic heterocycles. The fourth-order valence-corrected chi connectivity index (χ4v) is 3.35. The van der Waals surface area contributed by atoms with Gasteiger partial charge in [0.25, 0.3) is 0 Å². The molecule has 2 aliphatic heterocycles. The fraction of sp³-hybridized carbons (Fsp3) is 0.632. The molecule has 2 fully saturated rings. The molecule has 1 N–H and O–H groups in total. The highest BCUT2D eigenvalue weighted by molar-refractivity contribution is 5.74. The van der Waals surface area contributed by atoms with Crippen molar-refractivity contribution >= 4 is 6.03 Å². The zero-order chi connectivity index (χ0) is 16.9. The van der Waals surface area contributed by atoms with E-state index < -0.39 is 0 Å². The number of urea groups is 1. The summed E-state index contributed by atoms with van der Waals surface area (Å²) >= 11 is 0. The second-order valence-corrected chi connectivity index (χ2v) is 6.90. The number of carbonyl (C=O) groups excluding carboxylic acids is 1. The molecule has 2 heterocycles. The second kappa shape index (κ2) is 7.99. The van der Waals surface area contributed by atoms with Crippen LogP contribution in [0, 0.1) is 6.92 Å². The van der Waals surface area contributed by atoms with E-state index in [1.165, 1.54) is 11.1 Å². The molecular weight excluding hydrogens is 304 g/mol.